The van der Waals surface area contributed by atoms with Gasteiger partial charge in [-0.25, -0.2) is 9.97 Å². The zero-order valence-corrected chi connectivity index (χ0v) is 11.4. The Bertz CT molecular complexity index is 502. The van der Waals surface area contributed by atoms with Crippen molar-refractivity contribution in [3.63, 3.8) is 0 Å². The number of nitrogens with two attached hydrogens (primary N) is 1. The van der Waals surface area contributed by atoms with Gasteiger partial charge in [0.15, 0.2) is 0 Å². The van der Waals surface area contributed by atoms with Crippen molar-refractivity contribution in [3.8, 4) is 0 Å². The third kappa shape index (κ3) is 2.53. The maximum Gasteiger partial charge on any atom is 0.115 e. The number of aryl methyl sites for hydroxylation is 2. The molecule has 0 saturated heterocycles. The van der Waals surface area contributed by atoms with Crippen LogP contribution < -0.4 is 5.73 Å². The van der Waals surface area contributed by atoms with Crippen molar-refractivity contribution < 1.29 is 0 Å². The van der Waals surface area contributed by atoms with Crippen LogP contribution in [-0.4, -0.2) is 9.97 Å². The Hall–Kier alpha value is -1.26. The smallest absolute Gasteiger partial charge is 0.115 e. The van der Waals surface area contributed by atoms with Gasteiger partial charge in [0.2, 0.25) is 0 Å². The van der Waals surface area contributed by atoms with E-state index in [1.165, 1.54) is 17.5 Å². The van der Waals surface area contributed by atoms with E-state index in [9.17, 15) is 0 Å². The molecular weight excluding hydrogens is 278 g/mol. The van der Waals surface area contributed by atoms with E-state index in [0.717, 1.165) is 15.6 Å². The third-order valence-corrected chi connectivity index (χ3v) is 4.01. The third-order valence-electron chi connectivity index (χ3n) is 2.76. The van der Waals surface area contributed by atoms with Crippen LogP contribution in [0.3, 0.4) is 0 Å². The van der Waals surface area contributed by atoms with E-state index in [1.807, 2.05) is 0 Å². The Morgan fingerprint density at radius 2 is 1.59 bits per heavy atom. The summed E-state index contributed by atoms with van der Waals surface area (Å²) >= 11 is 3.55. The number of aromatic nitrogens is 2. The molecule has 0 bridgehead atoms. The predicted molar refractivity (Wildman–Crippen MR) is 71.7 cm³/mol. The van der Waals surface area contributed by atoms with Crippen LogP contribution in [-0.2, 0) is 0 Å². The summed E-state index contributed by atoms with van der Waals surface area (Å²) in [5.41, 5.74) is 10.6. The molecule has 0 amide bonds. The van der Waals surface area contributed by atoms with Crippen LogP contribution in [0.15, 0.2) is 35.3 Å². The number of nitrogens with zero attached hydrogens (tertiary/aromatic N) is 2. The zero-order chi connectivity index (χ0) is 12.4. The van der Waals surface area contributed by atoms with Crippen LogP contribution in [0.2, 0.25) is 0 Å². The Balaban J connectivity index is 2.41. The van der Waals surface area contributed by atoms with Gasteiger partial charge in [0.1, 0.15) is 6.33 Å². The SMILES string of the molecule is Cc1cc(C(N)c2cncnc2)cc(C)c1Br. The summed E-state index contributed by atoms with van der Waals surface area (Å²) in [5, 5.41) is 0. The molecule has 0 aliphatic carbocycles. The second-order valence-electron chi connectivity index (χ2n) is 4.12. The number of halogens is 1. The number of hydrogen-bond donors (Lipinski definition) is 1. The van der Waals surface area contributed by atoms with Crippen LogP contribution in [0, 0.1) is 13.8 Å². The molecule has 1 heterocycles. The topological polar surface area (TPSA) is 51.8 Å². The van der Waals surface area contributed by atoms with Crippen LogP contribution in [0.4, 0.5) is 0 Å². The fraction of sp³-hybridized carbons (Fsp3) is 0.231. The molecule has 0 aliphatic rings. The summed E-state index contributed by atoms with van der Waals surface area (Å²) in [7, 11) is 0. The second-order valence-corrected chi connectivity index (χ2v) is 4.91. The normalized spacial score (nSPS) is 12.5. The van der Waals surface area contributed by atoms with Crippen LogP contribution in [0.5, 0.6) is 0 Å². The fourth-order valence-corrected chi connectivity index (χ4v) is 2.05. The quantitative estimate of drug-likeness (QED) is 0.926. The van der Waals surface area contributed by atoms with Gasteiger partial charge in [0, 0.05) is 22.4 Å². The molecule has 0 radical (unpaired) electrons. The van der Waals surface area contributed by atoms with Crippen LogP contribution in [0.25, 0.3) is 0 Å². The first-order chi connectivity index (χ1) is 8.09. The van der Waals surface area contributed by atoms with Gasteiger partial charge in [-0.2, -0.15) is 0 Å². The minimum atomic E-state index is -0.179. The second kappa shape index (κ2) is 4.94. The molecule has 1 atom stereocenters. The van der Waals surface area contributed by atoms with E-state index in [1.54, 1.807) is 12.4 Å². The monoisotopic (exact) mass is 291 g/mol. The van der Waals surface area contributed by atoms with Crippen molar-refractivity contribution in [1.82, 2.24) is 9.97 Å². The number of rotatable bonds is 2. The summed E-state index contributed by atoms with van der Waals surface area (Å²) in [6.07, 6.45) is 5.02. The summed E-state index contributed by atoms with van der Waals surface area (Å²) in [6.45, 7) is 4.13. The highest BCUT2D eigenvalue weighted by molar-refractivity contribution is 9.10. The first-order valence-electron chi connectivity index (χ1n) is 5.36. The minimum Gasteiger partial charge on any atom is -0.320 e. The Morgan fingerprint density at radius 1 is 1.06 bits per heavy atom. The van der Waals surface area contributed by atoms with Crippen molar-refractivity contribution in [2.75, 3.05) is 0 Å². The molecule has 2 rings (SSSR count). The maximum absolute atomic E-state index is 6.21. The number of benzene rings is 1. The van der Waals surface area contributed by atoms with Crippen molar-refractivity contribution in [2.45, 2.75) is 19.9 Å². The van der Waals surface area contributed by atoms with Gasteiger partial charge < -0.3 is 5.73 Å². The molecule has 2 aromatic rings. The molecule has 17 heavy (non-hydrogen) atoms. The first-order valence-corrected chi connectivity index (χ1v) is 6.16. The highest BCUT2D eigenvalue weighted by Gasteiger charge is 2.11. The molecule has 0 fully saturated rings. The van der Waals surface area contributed by atoms with E-state index in [2.05, 4.69) is 51.9 Å². The first kappa shape index (κ1) is 12.2. The molecule has 0 saturated carbocycles. The van der Waals surface area contributed by atoms with Crippen molar-refractivity contribution >= 4 is 15.9 Å². The zero-order valence-electron chi connectivity index (χ0n) is 9.81. The molecule has 4 heteroatoms. The highest BCUT2D eigenvalue weighted by atomic mass is 79.9. The number of hydrogen-bond acceptors (Lipinski definition) is 3. The Kier molecular flexibility index (Phi) is 3.54. The standard InChI is InChI=1S/C13H14BrN3/c1-8-3-10(4-9(2)12(8)14)13(15)11-5-16-7-17-6-11/h3-7,13H,15H2,1-2H3. The largest absolute Gasteiger partial charge is 0.320 e. The molecule has 1 unspecified atom stereocenters. The van der Waals surface area contributed by atoms with E-state index in [4.69, 9.17) is 5.73 Å². The lowest BCUT2D eigenvalue weighted by Gasteiger charge is -2.14. The average Bonchev–Trinajstić information content (AvgIpc) is 2.35. The van der Waals surface area contributed by atoms with Gasteiger partial charge in [-0.3, -0.25) is 0 Å². The lowest BCUT2D eigenvalue weighted by molar-refractivity contribution is 0.847. The summed E-state index contributed by atoms with van der Waals surface area (Å²) < 4.78 is 1.14. The molecule has 0 spiro atoms. The van der Waals surface area contributed by atoms with Gasteiger partial charge in [-0.05, 0) is 30.5 Å². The predicted octanol–water partition coefficient (Wildman–Crippen LogP) is 2.90. The molecule has 3 nitrogen and oxygen atoms in total. The van der Waals surface area contributed by atoms with Crippen molar-refractivity contribution in [2.24, 2.45) is 5.73 Å². The lowest BCUT2D eigenvalue weighted by Crippen LogP contribution is -2.13. The molecule has 0 aliphatic heterocycles. The fourth-order valence-electron chi connectivity index (χ4n) is 1.82. The van der Waals surface area contributed by atoms with Crippen molar-refractivity contribution in [3.05, 3.63) is 57.6 Å². The van der Waals surface area contributed by atoms with Gasteiger partial charge in [-0.15, -0.1) is 0 Å². The van der Waals surface area contributed by atoms with E-state index >= 15 is 0 Å². The van der Waals surface area contributed by atoms with Gasteiger partial charge in [0.05, 0.1) is 6.04 Å². The van der Waals surface area contributed by atoms with Crippen LogP contribution >= 0.6 is 15.9 Å². The lowest BCUT2D eigenvalue weighted by atomic mass is 9.98. The molecule has 88 valence electrons. The summed E-state index contributed by atoms with van der Waals surface area (Å²) in [6, 6.07) is 4.01. The highest BCUT2D eigenvalue weighted by Crippen LogP contribution is 2.27. The average molecular weight is 292 g/mol. The molecule has 1 aromatic heterocycles. The van der Waals surface area contributed by atoms with Crippen LogP contribution in [0.1, 0.15) is 28.3 Å². The van der Waals surface area contributed by atoms with Gasteiger partial charge >= 0.3 is 0 Å². The maximum atomic E-state index is 6.21. The molecule has 2 N–H and O–H groups in total. The van der Waals surface area contributed by atoms with E-state index in [0.29, 0.717) is 0 Å². The van der Waals surface area contributed by atoms with E-state index in [-0.39, 0.29) is 6.04 Å². The Labute approximate surface area is 109 Å². The summed E-state index contributed by atoms with van der Waals surface area (Å²) in [5.74, 6) is 0. The van der Waals surface area contributed by atoms with Gasteiger partial charge in [0.25, 0.3) is 0 Å². The molecule has 1 aromatic carbocycles. The molecular formula is C13H14BrN3. The van der Waals surface area contributed by atoms with Gasteiger partial charge in [-0.1, -0.05) is 28.1 Å². The van der Waals surface area contributed by atoms with Crippen molar-refractivity contribution in [1.29, 1.82) is 0 Å². The summed E-state index contributed by atoms with van der Waals surface area (Å²) in [4.78, 5) is 7.99. The minimum absolute atomic E-state index is 0.179. The Morgan fingerprint density at radius 3 is 2.12 bits per heavy atom. The van der Waals surface area contributed by atoms with E-state index < -0.39 is 0 Å².